The molecule has 3 heterocycles. The molecule has 3 aromatic rings. The number of nitrogens with one attached hydrogen (secondary N) is 3. The Bertz CT molecular complexity index is 898. The number of hydrogen-bond acceptors (Lipinski definition) is 5. The highest BCUT2D eigenvalue weighted by Gasteiger charge is 2.15. The summed E-state index contributed by atoms with van der Waals surface area (Å²) in [5, 5.41) is 8.19. The zero-order valence-electron chi connectivity index (χ0n) is 14.5. The zero-order valence-corrected chi connectivity index (χ0v) is 14.5. The number of aromatic nitrogens is 3. The first-order chi connectivity index (χ1) is 12.2. The van der Waals surface area contributed by atoms with Gasteiger partial charge in [-0.15, -0.1) is 0 Å². The van der Waals surface area contributed by atoms with Crippen molar-refractivity contribution in [2.75, 3.05) is 30.7 Å². The van der Waals surface area contributed by atoms with Crippen LogP contribution in [0.1, 0.15) is 22.4 Å². The van der Waals surface area contributed by atoms with Crippen molar-refractivity contribution in [3.05, 3.63) is 46.8 Å². The molecule has 25 heavy (non-hydrogen) atoms. The molecule has 0 aliphatic carbocycles. The number of hydrogen-bond donors (Lipinski definition) is 4. The quantitative estimate of drug-likeness (QED) is 0.586. The molecule has 0 radical (unpaired) electrons. The van der Waals surface area contributed by atoms with Crippen LogP contribution >= 0.6 is 0 Å². The van der Waals surface area contributed by atoms with Gasteiger partial charge in [0.25, 0.3) is 0 Å². The van der Waals surface area contributed by atoms with Gasteiger partial charge in [-0.05, 0) is 37.4 Å². The first-order valence-electron chi connectivity index (χ1n) is 8.88. The van der Waals surface area contributed by atoms with E-state index in [1.807, 2.05) is 0 Å². The van der Waals surface area contributed by atoms with E-state index < -0.39 is 0 Å². The molecule has 0 atom stereocenters. The molecular formula is C19H24N6. The second kappa shape index (κ2) is 6.72. The summed E-state index contributed by atoms with van der Waals surface area (Å²) in [6.07, 6.45) is 4.88. The van der Waals surface area contributed by atoms with E-state index in [1.165, 1.54) is 27.6 Å². The fraction of sp³-hybridized carbons (Fsp3) is 0.368. The van der Waals surface area contributed by atoms with Gasteiger partial charge in [-0.1, -0.05) is 18.2 Å². The van der Waals surface area contributed by atoms with E-state index in [-0.39, 0.29) is 0 Å². The van der Waals surface area contributed by atoms with Gasteiger partial charge in [-0.25, -0.2) is 4.98 Å². The van der Waals surface area contributed by atoms with Gasteiger partial charge in [-0.2, -0.15) is 4.98 Å². The Morgan fingerprint density at radius 3 is 3.00 bits per heavy atom. The summed E-state index contributed by atoms with van der Waals surface area (Å²) in [7, 11) is 0. The van der Waals surface area contributed by atoms with E-state index in [1.54, 1.807) is 0 Å². The lowest BCUT2D eigenvalue weighted by Crippen LogP contribution is -2.16. The Hall–Kier alpha value is -2.60. The van der Waals surface area contributed by atoms with Crippen LogP contribution in [0, 0.1) is 6.92 Å². The average molecular weight is 336 g/mol. The predicted molar refractivity (Wildman–Crippen MR) is 102 cm³/mol. The highest BCUT2D eigenvalue weighted by atomic mass is 15.1. The van der Waals surface area contributed by atoms with Crippen molar-refractivity contribution >= 4 is 22.7 Å². The zero-order chi connectivity index (χ0) is 17.2. The van der Waals surface area contributed by atoms with Gasteiger partial charge in [0, 0.05) is 42.2 Å². The lowest BCUT2D eigenvalue weighted by molar-refractivity contribution is 0.708. The van der Waals surface area contributed by atoms with Crippen molar-refractivity contribution in [2.45, 2.75) is 26.2 Å². The van der Waals surface area contributed by atoms with E-state index in [9.17, 15) is 0 Å². The van der Waals surface area contributed by atoms with Crippen molar-refractivity contribution in [3.63, 3.8) is 0 Å². The minimum Gasteiger partial charge on any atom is -0.369 e. The van der Waals surface area contributed by atoms with Gasteiger partial charge >= 0.3 is 0 Å². The molecule has 4 rings (SSSR count). The van der Waals surface area contributed by atoms with Crippen LogP contribution in [0.15, 0.2) is 24.4 Å². The Morgan fingerprint density at radius 2 is 2.08 bits per heavy atom. The smallest absolute Gasteiger partial charge is 0.222 e. The lowest BCUT2D eigenvalue weighted by Gasteiger charge is -2.13. The number of aryl methyl sites for hydroxylation is 1. The second-order valence-electron chi connectivity index (χ2n) is 6.59. The van der Waals surface area contributed by atoms with Crippen molar-refractivity contribution in [1.82, 2.24) is 20.3 Å². The number of aromatic amines is 1. The van der Waals surface area contributed by atoms with Gasteiger partial charge in [0.2, 0.25) is 5.95 Å². The maximum absolute atomic E-state index is 5.90. The van der Waals surface area contributed by atoms with Crippen molar-refractivity contribution in [1.29, 1.82) is 0 Å². The van der Waals surface area contributed by atoms with Gasteiger partial charge in [0.05, 0.1) is 5.69 Å². The first kappa shape index (κ1) is 15.9. The van der Waals surface area contributed by atoms with Gasteiger partial charge in [-0.3, -0.25) is 0 Å². The molecule has 6 heteroatoms. The Kier molecular flexibility index (Phi) is 4.28. The van der Waals surface area contributed by atoms with Crippen LogP contribution in [0.25, 0.3) is 10.9 Å². The molecule has 0 saturated carbocycles. The molecule has 0 fully saturated rings. The molecule has 0 spiro atoms. The molecule has 1 aliphatic rings. The SMILES string of the molecule is Cc1cccc2c(CCNc3nc(N)nc4c3CCNCC4)c[nH]c12. The van der Waals surface area contributed by atoms with E-state index in [0.717, 1.165) is 50.4 Å². The summed E-state index contributed by atoms with van der Waals surface area (Å²) in [4.78, 5) is 12.3. The van der Waals surface area contributed by atoms with Gasteiger partial charge in [0.15, 0.2) is 0 Å². The van der Waals surface area contributed by atoms with E-state index in [4.69, 9.17) is 5.73 Å². The monoisotopic (exact) mass is 336 g/mol. The molecule has 1 aliphatic heterocycles. The van der Waals surface area contributed by atoms with Crippen LogP contribution in [-0.2, 0) is 19.3 Å². The third-order valence-corrected chi connectivity index (χ3v) is 4.90. The number of H-pyrrole nitrogens is 1. The maximum Gasteiger partial charge on any atom is 0.222 e. The Balaban J connectivity index is 1.52. The lowest BCUT2D eigenvalue weighted by atomic mass is 10.1. The molecule has 130 valence electrons. The molecule has 6 nitrogen and oxygen atoms in total. The largest absolute Gasteiger partial charge is 0.369 e. The predicted octanol–water partition coefficient (Wildman–Crippen LogP) is 2.19. The molecular weight excluding hydrogens is 312 g/mol. The number of nitrogen functional groups attached to an aromatic ring is 1. The molecule has 1 aromatic carbocycles. The third kappa shape index (κ3) is 3.17. The number of fused-ring (bicyclic) bond motifs is 2. The minimum absolute atomic E-state index is 0.353. The summed E-state index contributed by atoms with van der Waals surface area (Å²) >= 11 is 0. The van der Waals surface area contributed by atoms with E-state index in [2.05, 4.69) is 56.9 Å². The fourth-order valence-electron chi connectivity index (χ4n) is 3.60. The number of benzene rings is 1. The number of anilines is 2. The summed E-state index contributed by atoms with van der Waals surface area (Å²) in [5.74, 6) is 1.24. The first-order valence-corrected chi connectivity index (χ1v) is 8.88. The maximum atomic E-state index is 5.90. The van der Waals surface area contributed by atoms with Crippen molar-refractivity contribution in [3.8, 4) is 0 Å². The Morgan fingerprint density at radius 1 is 1.20 bits per heavy atom. The summed E-state index contributed by atoms with van der Waals surface area (Å²) < 4.78 is 0. The summed E-state index contributed by atoms with van der Waals surface area (Å²) in [5.41, 5.74) is 12.0. The molecule has 2 aromatic heterocycles. The van der Waals surface area contributed by atoms with Gasteiger partial charge in [0.1, 0.15) is 5.82 Å². The van der Waals surface area contributed by atoms with Crippen molar-refractivity contribution < 1.29 is 0 Å². The second-order valence-corrected chi connectivity index (χ2v) is 6.59. The van der Waals surface area contributed by atoms with Crippen LogP contribution in [0.2, 0.25) is 0 Å². The molecule has 0 unspecified atom stereocenters. The van der Waals surface area contributed by atoms with Crippen molar-refractivity contribution in [2.24, 2.45) is 0 Å². The van der Waals surface area contributed by atoms with Crippen LogP contribution in [-0.4, -0.2) is 34.6 Å². The third-order valence-electron chi connectivity index (χ3n) is 4.90. The van der Waals surface area contributed by atoms with Crippen LogP contribution < -0.4 is 16.4 Å². The summed E-state index contributed by atoms with van der Waals surface area (Å²) in [6, 6.07) is 6.42. The average Bonchev–Trinajstić information content (AvgIpc) is 2.86. The highest BCUT2D eigenvalue weighted by Crippen LogP contribution is 2.23. The normalized spacial score (nSPS) is 14.3. The molecule has 0 amide bonds. The van der Waals surface area contributed by atoms with E-state index >= 15 is 0 Å². The topological polar surface area (TPSA) is 91.7 Å². The van der Waals surface area contributed by atoms with Crippen LogP contribution in [0.3, 0.4) is 0 Å². The molecule has 0 saturated heterocycles. The van der Waals surface area contributed by atoms with Crippen LogP contribution in [0.5, 0.6) is 0 Å². The minimum atomic E-state index is 0.353. The standard InChI is InChI=1S/C19H24N6/c1-12-3-2-4-14-13(11-23-17(12)14)5-10-22-18-15-6-8-21-9-7-16(15)24-19(20)25-18/h2-4,11,21,23H,5-10H2,1H3,(H3,20,22,24,25). The van der Waals surface area contributed by atoms with Crippen LogP contribution in [0.4, 0.5) is 11.8 Å². The number of para-hydroxylation sites is 1. The summed E-state index contributed by atoms with van der Waals surface area (Å²) in [6.45, 7) is 4.85. The Labute approximate surface area is 147 Å². The number of rotatable bonds is 4. The highest BCUT2D eigenvalue weighted by molar-refractivity contribution is 5.85. The molecule has 0 bridgehead atoms. The number of nitrogens with two attached hydrogens (primary N) is 1. The number of nitrogens with zero attached hydrogens (tertiary/aromatic N) is 2. The van der Waals surface area contributed by atoms with Gasteiger partial charge < -0.3 is 21.4 Å². The van der Waals surface area contributed by atoms with E-state index in [0.29, 0.717) is 5.95 Å². The fourth-order valence-corrected chi connectivity index (χ4v) is 3.60. The molecule has 5 N–H and O–H groups in total.